The third kappa shape index (κ3) is 8.30. The first-order valence-electron chi connectivity index (χ1n) is 9.78. The van der Waals surface area contributed by atoms with Crippen LogP contribution in [0.2, 0.25) is 23.2 Å². The van der Waals surface area contributed by atoms with Gasteiger partial charge in [0.05, 0.1) is 5.92 Å². The molecule has 0 fully saturated rings. The van der Waals surface area contributed by atoms with Crippen LogP contribution in [0.1, 0.15) is 81.1 Å². The number of hydrogen-bond acceptors (Lipinski definition) is 3. The minimum Gasteiger partial charge on any atom is -0.518 e. The molecule has 0 aromatic carbocycles. The van der Waals surface area contributed by atoms with Gasteiger partial charge in [-0.05, 0) is 37.0 Å². The smallest absolute Gasteiger partial charge is 0.295 e. The molecule has 5 heteroatoms. The predicted molar refractivity (Wildman–Crippen MR) is 107 cm³/mol. The van der Waals surface area contributed by atoms with E-state index in [2.05, 4.69) is 34.6 Å². The van der Waals surface area contributed by atoms with E-state index in [-0.39, 0.29) is 18.0 Å². The van der Waals surface area contributed by atoms with Crippen LogP contribution in [-0.2, 0) is 13.6 Å². The largest absolute Gasteiger partial charge is 0.518 e. The van der Waals surface area contributed by atoms with E-state index < -0.39 is 8.32 Å². The lowest BCUT2D eigenvalue weighted by molar-refractivity contribution is -0.139. The molecule has 142 valence electrons. The summed E-state index contributed by atoms with van der Waals surface area (Å²) in [5.74, 6) is -0.0680. The Morgan fingerprint density at radius 1 is 0.958 bits per heavy atom. The van der Waals surface area contributed by atoms with E-state index in [1.807, 2.05) is 20.8 Å². The third-order valence-corrected chi connectivity index (χ3v) is 11.8. The van der Waals surface area contributed by atoms with Gasteiger partial charge in [0.1, 0.15) is 0 Å². The molecule has 0 heterocycles. The van der Waals surface area contributed by atoms with E-state index in [1.165, 1.54) is 25.7 Å². The van der Waals surface area contributed by atoms with Crippen molar-refractivity contribution in [2.24, 2.45) is 5.92 Å². The maximum atomic E-state index is 12.7. The topological polar surface area (TPSA) is 35.5 Å². The molecule has 24 heavy (non-hydrogen) atoms. The maximum Gasteiger partial charge on any atom is 0.295 e. The van der Waals surface area contributed by atoms with Crippen molar-refractivity contribution in [3.8, 4) is 0 Å². The highest BCUT2D eigenvalue weighted by atomic mass is 28.4. The summed E-state index contributed by atoms with van der Waals surface area (Å²) in [7, 11) is -1.70. The molecule has 0 N–H and O–H groups in total. The lowest BCUT2D eigenvalue weighted by Crippen LogP contribution is -2.47. The molecule has 0 spiro atoms. The fourth-order valence-corrected chi connectivity index (χ4v) is 8.36. The highest BCUT2D eigenvalue weighted by Gasteiger charge is 2.45. The first-order valence-corrected chi connectivity index (χ1v) is 13.2. The summed E-state index contributed by atoms with van der Waals surface area (Å²) in [6.45, 7) is 17.2. The summed E-state index contributed by atoms with van der Waals surface area (Å²) in [4.78, 5) is 12.7. The van der Waals surface area contributed by atoms with E-state index in [0.29, 0.717) is 20.8 Å². The lowest BCUT2D eigenvalue weighted by atomic mass is 10.2. The number of carbonyl (C=O) groups excluding carboxylic acids is 1. The van der Waals surface area contributed by atoms with Crippen LogP contribution in [0, 0.1) is 5.92 Å². The minimum atomic E-state index is -2.07. The second kappa shape index (κ2) is 12.3. The van der Waals surface area contributed by atoms with Crippen molar-refractivity contribution >= 4 is 24.0 Å². The Hall–Kier alpha value is -0.136. The van der Waals surface area contributed by atoms with Crippen LogP contribution in [-0.4, -0.2) is 30.2 Å². The zero-order valence-electron chi connectivity index (χ0n) is 17.3. The quantitative estimate of drug-likeness (QED) is 0.295. The zero-order chi connectivity index (χ0) is 18.8. The maximum absolute atomic E-state index is 12.7. The van der Waals surface area contributed by atoms with Crippen LogP contribution < -0.4 is 0 Å². The molecule has 0 aromatic heterocycles. The molecule has 0 aliphatic rings. The van der Waals surface area contributed by atoms with Crippen molar-refractivity contribution in [3.05, 3.63) is 0 Å². The minimum absolute atomic E-state index is 0.000542. The molecule has 0 bridgehead atoms. The Balaban J connectivity index is 4.80. The fraction of sp³-hybridized carbons (Fsp3) is 0.947. The molecule has 0 rings (SSSR count). The summed E-state index contributed by atoms with van der Waals surface area (Å²) < 4.78 is 11.9. The van der Waals surface area contributed by atoms with Gasteiger partial charge in [-0.25, -0.2) is 0 Å². The van der Waals surface area contributed by atoms with Gasteiger partial charge in [0.25, 0.3) is 14.3 Å². The van der Waals surface area contributed by atoms with Crippen molar-refractivity contribution in [2.75, 3.05) is 0 Å². The van der Waals surface area contributed by atoms with Crippen LogP contribution in [0.25, 0.3) is 0 Å². The second-order valence-electron chi connectivity index (χ2n) is 7.91. The van der Waals surface area contributed by atoms with E-state index in [1.54, 1.807) is 0 Å². The third-order valence-electron chi connectivity index (χ3n) is 4.78. The molecule has 1 unspecified atom stereocenters. The first kappa shape index (κ1) is 23.9. The number of carbonyl (C=O) groups is 1. The molecule has 1 atom stereocenters. The van der Waals surface area contributed by atoms with Crippen molar-refractivity contribution < 1.29 is 13.6 Å². The normalized spacial score (nSPS) is 13.8. The van der Waals surface area contributed by atoms with Crippen LogP contribution in [0.3, 0.4) is 0 Å². The molecule has 0 saturated carbocycles. The predicted octanol–water partition coefficient (Wildman–Crippen LogP) is 5.97. The first-order chi connectivity index (χ1) is 11.2. The van der Waals surface area contributed by atoms with Crippen LogP contribution in [0.5, 0.6) is 0 Å². The summed E-state index contributed by atoms with van der Waals surface area (Å²) in [5.41, 5.74) is 0.925. The molecule has 0 amide bonds. The van der Waals surface area contributed by atoms with Crippen molar-refractivity contribution in [3.63, 3.8) is 0 Å². The van der Waals surface area contributed by atoms with Crippen molar-refractivity contribution in [1.29, 1.82) is 0 Å². The van der Waals surface area contributed by atoms with Gasteiger partial charge < -0.3 is 8.85 Å². The molecule has 0 aromatic rings. The molecular formula is C19H40O3Si2. The Bertz CT molecular complexity index is 336. The molecule has 0 aliphatic heterocycles. The fourth-order valence-electron chi connectivity index (χ4n) is 3.07. The van der Waals surface area contributed by atoms with Gasteiger partial charge in [0.2, 0.25) is 9.76 Å². The van der Waals surface area contributed by atoms with Gasteiger partial charge in [-0.3, -0.25) is 4.79 Å². The highest BCUT2D eigenvalue weighted by Crippen LogP contribution is 2.39. The number of unbranched alkanes of at least 4 members (excludes halogenated alkanes) is 3. The monoisotopic (exact) mass is 372 g/mol. The van der Waals surface area contributed by atoms with E-state index in [4.69, 9.17) is 8.85 Å². The average molecular weight is 373 g/mol. The molecule has 2 radical (unpaired) electrons. The number of hydrogen-bond donors (Lipinski definition) is 0. The van der Waals surface area contributed by atoms with Crippen LogP contribution >= 0.6 is 0 Å². The Morgan fingerprint density at radius 3 is 2.00 bits per heavy atom. The van der Waals surface area contributed by atoms with Gasteiger partial charge >= 0.3 is 0 Å². The zero-order valence-corrected chi connectivity index (χ0v) is 19.3. The Kier molecular flexibility index (Phi) is 12.2. The molecule has 0 aliphatic carbocycles. The summed E-state index contributed by atoms with van der Waals surface area (Å²) >= 11 is 0. The standard InChI is InChI=1S/C19H40O3Si2/c1-9-10-11-12-13-24(16(4)5,17(6)7)22-19(20)18(8)14-23-21-15(2)3/h15-18H,9-14H2,1-8H3. The van der Waals surface area contributed by atoms with Gasteiger partial charge in [-0.2, -0.15) is 0 Å². The molecular weight excluding hydrogens is 332 g/mol. The van der Waals surface area contributed by atoms with Crippen molar-refractivity contribution in [2.45, 2.75) is 110 Å². The van der Waals surface area contributed by atoms with E-state index in [0.717, 1.165) is 12.1 Å². The summed E-state index contributed by atoms with van der Waals surface area (Å²) in [5, 5.41) is 0. The number of rotatable bonds is 13. The second-order valence-corrected chi connectivity index (χ2v) is 13.8. The summed E-state index contributed by atoms with van der Waals surface area (Å²) in [6.07, 6.45) is 5.19. The highest BCUT2D eigenvalue weighted by molar-refractivity contribution is 6.77. The SMILES string of the molecule is CCCCCC[Si](OC(=O)C(C)C[Si]OC(C)C)(C(C)C)C(C)C. The molecule has 0 saturated heterocycles. The van der Waals surface area contributed by atoms with Gasteiger partial charge in [0.15, 0.2) is 0 Å². The van der Waals surface area contributed by atoms with Crippen LogP contribution in [0.4, 0.5) is 0 Å². The Morgan fingerprint density at radius 2 is 1.54 bits per heavy atom. The average Bonchev–Trinajstić information content (AvgIpc) is 2.48. The van der Waals surface area contributed by atoms with Gasteiger partial charge in [-0.1, -0.05) is 67.2 Å². The Labute approximate surface area is 154 Å². The van der Waals surface area contributed by atoms with Gasteiger partial charge in [-0.15, -0.1) is 0 Å². The van der Waals surface area contributed by atoms with E-state index >= 15 is 0 Å². The van der Waals surface area contributed by atoms with Gasteiger partial charge in [0, 0.05) is 6.10 Å². The van der Waals surface area contributed by atoms with E-state index in [9.17, 15) is 4.79 Å². The lowest BCUT2D eigenvalue weighted by Gasteiger charge is -2.39. The van der Waals surface area contributed by atoms with Crippen molar-refractivity contribution in [1.82, 2.24) is 0 Å². The molecule has 3 nitrogen and oxygen atoms in total. The summed E-state index contributed by atoms with van der Waals surface area (Å²) in [6, 6.07) is 1.87. The van der Waals surface area contributed by atoms with Crippen LogP contribution in [0.15, 0.2) is 0 Å².